The molecule has 0 saturated carbocycles. The molecule has 5 nitrogen and oxygen atoms in total. The van der Waals surface area contributed by atoms with E-state index < -0.39 is 0 Å². The average Bonchev–Trinajstić information content (AvgIpc) is 2.66. The Morgan fingerprint density at radius 3 is 2.68 bits per heavy atom. The lowest BCUT2D eigenvalue weighted by Crippen LogP contribution is -2.53. The first kappa shape index (κ1) is 18.1. The van der Waals surface area contributed by atoms with Crippen LogP contribution in [0.4, 0.5) is 4.79 Å². The predicted octanol–water partition coefficient (Wildman–Crippen LogP) is 2.53. The van der Waals surface area contributed by atoms with Gasteiger partial charge in [-0.3, -0.25) is 4.79 Å². The smallest absolute Gasteiger partial charge is 0.317 e. The summed E-state index contributed by atoms with van der Waals surface area (Å²) in [5, 5.41) is 2.90. The van der Waals surface area contributed by atoms with E-state index in [0.29, 0.717) is 39.1 Å². The van der Waals surface area contributed by atoms with Crippen LogP contribution in [0.2, 0.25) is 0 Å². The van der Waals surface area contributed by atoms with Crippen LogP contribution in [0.25, 0.3) is 0 Å². The Balaban J connectivity index is 1.50. The fourth-order valence-electron chi connectivity index (χ4n) is 3.31. The van der Waals surface area contributed by atoms with E-state index in [1.54, 1.807) is 4.90 Å². The summed E-state index contributed by atoms with van der Waals surface area (Å²) in [6.45, 7) is 5.22. The number of carbonyl (C=O) groups is 2. The molecule has 3 rings (SSSR count). The van der Waals surface area contributed by atoms with Gasteiger partial charge in [-0.1, -0.05) is 19.1 Å². The van der Waals surface area contributed by atoms with E-state index in [1.807, 2.05) is 23.6 Å². The molecule has 1 aromatic carbocycles. The fourth-order valence-corrected chi connectivity index (χ4v) is 4.33. The molecule has 0 unspecified atom stereocenters. The summed E-state index contributed by atoms with van der Waals surface area (Å²) in [4.78, 5) is 29.6. The lowest BCUT2D eigenvalue weighted by atomic mass is 10.0. The number of piperazine rings is 1. The standard InChI is InChI=1S/C19H27N3O2S/c1-2-7-20-19(24)22-10-8-21(9-11-22)18(23)14-15-5-6-17-16(13-15)4-3-12-25-17/h5-6,13H,2-4,7-12,14H2,1H3,(H,20,24). The first-order valence-corrected chi connectivity index (χ1v) is 10.2. The monoisotopic (exact) mass is 361 g/mol. The summed E-state index contributed by atoms with van der Waals surface area (Å²) in [6.07, 6.45) is 3.73. The SMILES string of the molecule is CCCNC(=O)N1CCN(C(=O)Cc2ccc3c(c2)CCCS3)CC1. The zero-order valence-electron chi connectivity index (χ0n) is 14.9. The van der Waals surface area contributed by atoms with Gasteiger partial charge in [0.1, 0.15) is 0 Å². The second-order valence-electron chi connectivity index (χ2n) is 6.67. The van der Waals surface area contributed by atoms with Crippen molar-refractivity contribution in [1.82, 2.24) is 15.1 Å². The van der Waals surface area contributed by atoms with Crippen LogP contribution in [0.5, 0.6) is 0 Å². The van der Waals surface area contributed by atoms with Crippen LogP contribution < -0.4 is 5.32 Å². The van der Waals surface area contributed by atoms with Crippen molar-refractivity contribution in [3.63, 3.8) is 0 Å². The van der Waals surface area contributed by atoms with Crippen LogP contribution in [-0.4, -0.2) is 60.2 Å². The molecule has 6 heteroatoms. The minimum Gasteiger partial charge on any atom is -0.339 e. The molecule has 2 aliphatic rings. The topological polar surface area (TPSA) is 52.7 Å². The zero-order chi connectivity index (χ0) is 17.6. The third-order valence-corrected chi connectivity index (χ3v) is 5.98. The highest BCUT2D eigenvalue weighted by molar-refractivity contribution is 7.99. The molecule has 1 N–H and O–H groups in total. The maximum absolute atomic E-state index is 12.6. The van der Waals surface area contributed by atoms with Gasteiger partial charge in [-0.15, -0.1) is 11.8 Å². The Labute approximate surface area is 154 Å². The zero-order valence-corrected chi connectivity index (χ0v) is 15.7. The molecule has 2 heterocycles. The minimum absolute atomic E-state index is 0.0128. The van der Waals surface area contributed by atoms with Gasteiger partial charge in [0.15, 0.2) is 0 Å². The van der Waals surface area contributed by atoms with E-state index in [9.17, 15) is 9.59 Å². The highest BCUT2D eigenvalue weighted by atomic mass is 32.2. The van der Waals surface area contributed by atoms with Gasteiger partial charge in [-0.2, -0.15) is 0 Å². The minimum atomic E-state index is -0.0128. The maximum atomic E-state index is 12.6. The average molecular weight is 362 g/mol. The summed E-state index contributed by atoms with van der Waals surface area (Å²) in [6, 6.07) is 6.44. The quantitative estimate of drug-likeness (QED) is 0.897. The molecule has 0 aromatic heterocycles. The molecule has 1 fully saturated rings. The van der Waals surface area contributed by atoms with E-state index in [2.05, 4.69) is 23.5 Å². The van der Waals surface area contributed by atoms with Gasteiger partial charge in [0.05, 0.1) is 6.42 Å². The van der Waals surface area contributed by atoms with Gasteiger partial charge in [0.2, 0.25) is 5.91 Å². The third kappa shape index (κ3) is 4.69. The van der Waals surface area contributed by atoms with Crippen molar-refractivity contribution in [2.75, 3.05) is 38.5 Å². The number of aryl methyl sites for hydroxylation is 1. The second-order valence-corrected chi connectivity index (χ2v) is 7.81. The molecular weight excluding hydrogens is 334 g/mol. The van der Waals surface area contributed by atoms with E-state index in [-0.39, 0.29) is 11.9 Å². The van der Waals surface area contributed by atoms with E-state index >= 15 is 0 Å². The molecule has 2 aliphatic heterocycles. The number of urea groups is 1. The van der Waals surface area contributed by atoms with E-state index in [0.717, 1.165) is 18.4 Å². The number of hydrogen-bond acceptors (Lipinski definition) is 3. The Hall–Kier alpha value is -1.69. The molecule has 25 heavy (non-hydrogen) atoms. The number of benzene rings is 1. The summed E-state index contributed by atoms with van der Waals surface area (Å²) < 4.78 is 0. The largest absolute Gasteiger partial charge is 0.339 e. The third-order valence-electron chi connectivity index (χ3n) is 4.77. The molecule has 0 aliphatic carbocycles. The highest BCUT2D eigenvalue weighted by Crippen LogP contribution is 2.30. The Bertz CT molecular complexity index is 627. The molecule has 0 spiro atoms. The first-order chi connectivity index (χ1) is 12.2. The molecular formula is C19H27N3O2S. The van der Waals surface area contributed by atoms with Crippen molar-refractivity contribution in [3.05, 3.63) is 29.3 Å². The first-order valence-electron chi connectivity index (χ1n) is 9.22. The van der Waals surface area contributed by atoms with Crippen LogP contribution in [0, 0.1) is 0 Å². The van der Waals surface area contributed by atoms with Gasteiger partial charge < -0.3 is 15.1 Å². The Kier molecular flexibility index (Phi) is 6.24. The number of hydrogen-bond donors (Lipinski definition) is 1. The van der Waals surface area contributed by atoms with Crippen molar-refractivity contribution in [1.29, 1.82) is 0 Å². The van der Waals surface area contributed by atoms with Crippen LogP contribution in [-0.2, 0) is 17.6 Å². The van der Waals surface area contributed by atoms with Crippen molar-refractivity contribution < 1.29 is 9.59 Å². The Morgan fingerprint density at radius 2 is 1.92 bits per heavy atom. The summed E-state index contributed by atoms with van der Waals surface area (Å²) in [5.41, 5.74) is 2.49. The number of nitrogens with one attached hydrogen (secondary N) is 1. The van der Waals surface area contributed by atoms with Gasteiger partial charge in [-0.05, 0) is 42.2 Å². The lowest BCUT2D eigenvalue weighted by Gasteiger charge is -2.34. The Morgan fingerprint density at radius 1 is 1.16 bits per heavy atom. The van der Waals surface area contributed by atoms with Crippen LogP contribution in [0.3, 0.4) is 0 Å². The number of rotatable bonds is 4. The normalized spacial score (nSPS) is 17.2. The van der Waals surface area contributed by atoms with Crippen LogP contribution in [0.15, 0.2) is 23.1 Å². The van der Waals surface area contributed by atoms with Gasteiger partial charge in [-0.25, -0.2) is 4.79 Å². The van der Waals surface area contributed by atoms with Crippen molar-refractivity contribution in [2.24, 2.45) is 0 Å². The summed E-state index contributed by atoms with van der Waals surface area (Å²) in [5.74, 6) is 1.36. The molecule has 0 bridgehead atoms. The summed E-state index contributed by atoms with van der Waals surface area (Å²) >= 11 is 1.91. The van der Waals surface area contributed by atoms with Crippen molar-refractivity contribution in [2.45, 2.75) is 37.5 Å². The molecule has 0 atom stereocenters. The summed E-state index contributed by atoms with van der Waals surface area (Å²) in [7, 11) is 0. The van der Waals surface area contributed by atoms with Crippen molar-refractivity contribution in [3.8, 4) is 0 Å². The van der Waals surface area contributed by atoms with Gasteiger partial charge in [0, 0.05) is 37.6 Å². The maximum Gasteiger partial charge on any atom is 0.317 e. The van der Waals surface area contributed by atoms with Gasteiger partial charge >= 0.3 is 6.03 Å². The van der Waals surface area contributed by atoms with Crippen LogP contribution in [0.1, 0.15) is 30.9 Å². The molecule has 3 amide bonds. The predicted molar refractivity (Wildman–Crippen MR) is 101 cm³/mol. The fraction of sp³-hybridized carbons (Fsp3) is 0.579. The van der Waals surface area contributed by atoms with Crippen LogP contribution >= 0.6 is 11.8 Å². The molecule has 1 aromatic rings. The number of nitrogens with zero attached hydrogens (tertiary/aromatic N) is 2. The molecule has 0 radical (unpaired) electrons. The number of amides is 3. The number of thioether (sulfide) groups is 1. The van der Waals surface area contributed by atoms with E-state index in [4.69, 9.17) is 0 Å². The van der Waals surface area contributed by atoms with E-state index in [1.165, 1.54) is 22.6 Å². The molecule has 136 valence electrons. The number of fused-ring (bicyclic) bond motifs is 1. The van der Waals surface area contributed by atoms with Crippen molar-refractivity contribution >= 4 is 23.7 Å². The second kappa shape index (κ2) is 8.61. The van der Waals surface area contributed by atoms with Gasteiger partial charge in [0.25, 0.3) is 0 Å². The highest BCUT2D eigenvalue weighted by Gasteiger charge is 2.24. The molecule has 1 saturated heterocycles. The lowest BCUT2D eigenvalue weighted by molar-refractivity contribution is -0.131. The number of carbonyl (C=O) groups excluding carboxylic acids is 2.